The molecular formula is C21H19F3N4O3S. The average Bonchev–Trinajstić information content (AvgIpc) is 3.19. The second-order valence-corrected chi connectivity index (χ2v) is 7.68. The molecule has 0 aliphatic carbocycles. The summed E-state index contributed by atoms with van der Waals surface area (Å²) in [4.78, 5) is 25.5. The molecule has 0 saturated carbocycles. The second kappa shape index (κ2) is 10.3. The minimum absolute atomic E-state index is 0.0735. The molecule has 2 amide bonds. The van der Waals surface area contributed by atoms with E-state index in [1.54, 1.807) is 0 Å². The number of thioether (sulfide) groups is 1. The summed E-state index contributed by atoms with van der Waals surface area (Å²) in [6.07, 6.45) is -4.15. The van der Waals surface area contributed by atoms with Gasteiger partial charge in [0.05, 0.1) is 30.0 Å². The topological polar surface area (TPSA) is 88.3 Å². The highest BCUT2D eigenvalue weighted by atomic mass is 32.2. The van der Waals surface area contributed by atoms with Crippen molar-refractivity contribution in [3.63, 3.8) is 0 Å². The molecule has 0 radical (unpaired) electrons. The average molecular weight is 464 g/mol. The first-order valence-electron chi connectivity index (χ1n) is 9.41. The van der Waals surface area contributed by atoms with Gasteiger partial charge in [0.15, 0.2) is 0 Å². The predicted molar refractivity (Wildman–Crippen MR) is 112 cm³/mol. The van der Waals surface area contributed by atoms with Crippen molar-refractivity contribution in [1.29, 1.82) is 0 Å². The zero-order chi connectivity index (χ0) is 23.1. The first-order valence-corrected chi connectivity index (χ1v) is 10.4. The monoisotopic (exact) mass is 464 g/mol. The Balaban J connectivity index is 1.49. The first-order chi connectivity index (χ1) is 15.2. The van der Waals surface area contributed by atoms with E-state index in [1.165, 1.54) is 19.2 Å². The van der Waals surface area contributed by atoms with Gasteiger partial charge in [0.2, 0.25) is 17.7 Å². The molecule has 7 nitrogen and oxygen atoms in total. The van der Waals surface area contributed by atoms with Crippen LogP contribution in [0.15, 0.2) is 64.2 Å². The summed E-state index contributed by atoms with van der Waals surface area (Å²) in [6, 6.07) is 14.2. The molecule has 0 fully saturated rings. The Morgan fingerprint density at radius 3 is 2.47 bits per heavy atom. The van der Waals surface area contributed by atoms with Crippen LogP contribution < -0.4 is 5.32 Å². The van der Waals surface area contributed by atoms with Crippen LogP contribution in [0.4, 0.5) is 18.9 Å². The van der Waals surface area contributed by atoms with Gasteiger partial charge in [-0.15, -0.1) is 10.2 Å². The van der Waals surface area contributed by atoms with Gasteiger partial charge in [-0.1, -0.05) is 54.2 Å². The smallest absolute Gasteiger partial charge is 0.416 e. The van der Waals surface area contributed by atoms with Crippen LogP contribution in [0.2, 0.25) is 0 Å². The fraction of sp³-hybridized carbons (Fsp3) is 0.238. The number of likely N-dealkylation sites (N-methyl/N-ethyl adjacent to an activating group) is 1. The fourth-order valence-corrected chi connectivity index (χ4v) is 3.43. The second-order valence-electron chi connectivity index (χ2n) is 6.75. The largest absolute Gasteiger partial charge is 0.418 e. The summed E-state index contributed by atoms with van der Waals surface area (Å²) in [5.41, 5.74) is -0.320. The molecule has 1 N–H and O–H groups in total. The van der Waals surface area contributed by atoms with Crippen LogP contribution in [0.25, 0.3) is 0 Å². The van der Waals surface area contributed by atoms with E-state index in [9.17, 15) is 22.8 Å². The number of halogens is 3. The highest BCUT2D eigenvalue weighted by molar-refractivity contribution is 7.99. The number of anilines is 1. The molecule has 3 aromatic rings. The number of carbonyl (C=O) groups is 2. The van der Waals surface area contributed by atoms with Crippen molar-refractivity contribution in [3.8, 4) is 0 Å². The number of carbonyl (C=O) groups excluding carboxylic acids is 2. The summed E-state index contributed by atoms with van der Waals surface area (Å²) in [7, 11) is 1.38. The molecule has 0 saturated heterocycles. The van der Waals surface area contributed by atoms with Gasteiger partial charge < -0.3 is 14.6 Å². The normalized spacial score (nSPS) is 11.2. The first kappa shape index (κ1) is 23.3. The lowest BCUT2D eigenvalue weighted by molar-refractivity contribution is -0.137. The van der Waals surface area contributed by atoms with E-state index in [4.69, 9.17) is 4.42 Å². The van der Waals surface area contributed by atoms with Crippen molar-refractivity contribution in [2.45, 2.75) is 17.8 Å². The standard InChI is InChI=1S/C21H19F3N4O3S/c1-28(12-17(29)25-16-10-6-5-9-15(16)21(22,23)24)19(30)13-32-20-27-26-18(31-20)11-14-7-3-2-4-8-14/h2-10H,11-13H2,1H3,(H,25,29). The van der Waals surface area contributed by atoms with Crippen molar-refractivity contribution in [1.82, 2.24) is 15.1 Å². The number of hydrogen-bond acceptors (Lipinski definition) is 6. The number of benzene rings is 2. The zero-order valence-electron chi connectivity index (χ0n) is 16.9. The number of alkyl halides is 3. The van der Waals surface area contributed by atoms with E-state index < -0.39 is 30.1 Å². The Hall–Kier alpha value is -3.34. The lowest BCUT2D eigenvalue weighted by Gasteiger charge is -2.18. The maximum Gasteiger partial charge on any atom is 0.418 e. The van der Waals surface area contributed by atoms with Crippen molar-refractivity contribution < 1.29 is 27.2 Å². The Morgan fingerprint density at radius 1 is 1.06 bits per heavy atom. The van der Waals surface area contributed by atoms with Crippen LogP contribution in [-0.4, -0.2) is 46.3 Å². The van der Waals surface area contributed by atoms with E-state index in [0.29, 0.717) is 12.3 Å². The molecule has 0 unspecified atom stereocenters. The molecule has 0 bridgehead atoms. The minimum atomic E-state index is -4.61. The number of rotatable bonds is 8. The van der Waals surface area contributed by atoms with Gasteiger partial charge in [0.25, 0.3) is 5.22 Å². The minimum Gasteiger partial charge on any atom is -0.416 e. The number of para-hydroxylation sites is 1. The summed E-state index contributed by atoms with van der Waals surface area (Å²) in [5, 5.41) is 10.2. The Labute approximate surface area is 186 Å². The lowest BCUT2D eigenvalue weighted by atomic mass is 10.1. The van der Waals surface area contributed by atoms with E-state index in [0.717, 1.165) is 34.4 Å². The van der Waals surface area contributed by atoms with E-state index in [2.05, 4.69) is 15.5 Å². The molecule has 32 heavy (non-hydrogen) atoms. The third-order valence-corrected chi connectivity index (χ3v) is 5.08. The van der Waals surface area contributed by atoms with Gasteiger partial charge in [-0.05, 0) is 17.7 Å². The van der Waals surface area contributed by atoms with Crippen LogP contribution in [0.3, 0.4) is 0 Å². The highest BCUT2D eigenvalue weighted by Gasteiger charge is 2.33. The van der Waals surface area contributed by atoms with Gasteiger partial charge in [-0.3, -0.25) is 9.59 Å². The number of nitrogens with one attached hydrogen (secondary N) is 1. The number of amides is 2. The summed E-state index contributed by atoms with van der Waals surface area (Å²) in [5.74, 6) is -0.833. The van der Waals surface area contributed by atoms with Gasteiger partial charge in [0.1, 0.15) is 0 Å². The van der Waals surface area contributed by atoms with Crippen molar-refractivity contribution in [3.05, 3.63) is 71.6 Å². The Bertz CT molecular complexity index is 1070. The number of hydrogen-bond donors (Lipinski definition) is 1. The molecule has 0 spiro atoms. The van der Waals surface area contributed by atoms with Crippen LogP contribution in [0.1, 0.15) is 17.0 Å². The molecule has 0 atom stereocenters. The quantitative estimate of drug-likeness (QED) is 0.510. The highest BCUT2D eigenvalue weighted by Crippen LogP contribution is 2.34. The zero-order valence-corrected chi connectivity index (χ0v) is 17.7. The Kier molecular flexibility index (Phi) is 7.52. The van der Waals surface area contributed by atoms with Crippen molar-refractivity contribution >= 4 is 29.3 Å². The fourth-order valence-electron chi connectivity index (χ4n) is 2.70. The van der Waals surface area contributed by atoms with E-state index >= 15 is 0 Å². The van der Waals surface area contributed by atoms with Gasteiger partial charge in [0, 0.05) is 7.05 Å². The van der Waals surface area contributed by atoms with Crippen molar-refractivity contribution in [2.24, 2.45) is 0 Å². The van der Waals surface area contributed by atoms with Crippen LogP contribution in [0, 0.1) is 0 Å². The molecule has 1 aromatic heterocycles. The van der Waals surface area contributed by atoms with Gasteiger partial charge >= 0.3 is 6.18 Å². The molecule has 3 rings (SSSR count). The van der Waals surface area contributed by atoms with Crippen LogP contribution >= 0.6 is 11.8 Å². The molecule has 0 aliphatic rings. The molecule has 2 aromatic carbocycles. The van der Waals surface area contributed by atoms with E-state index in [-0.39, 0.29) is 16.7 Å². The lowest BCUT2D eigenvalue weighted by Crippen LogP contribution is -2.36. The number of aromatic nitrogens is 2. The molecule has 11 heteroatoms. The maximum absolute atomic E-state index is 13.0. The molecule has 1 heterocycles. The van der Waals surface area contributed by atoms with Gasteiger partial charge in [-0.2, -0.15) is 13.2 Å². The van der Waals surface area contributed by atoms with E-state index in [1.807, 2.05) is 30.3 Å². The summed E-state index contributed by atoms with van der Waals surface area (Å²) >= 11 is 1.01. The van der Waals surface area contributed by atoms with Crippen LogP contribution in [0.5, 0.6) is 0 Å². The molecular weight excluding hydrogens is 445 g/mol. The third kappa shape index (κ3) is 6.58. The maximum atomic E-state index is 13.0. The molecule has 0 aliphatic heterocycles. The van der Waals surface area contributed by atoms with Gasteiger partial charge in [-0.25, -0.2) is 0 Å². The third-order valence-electron chi connectivity index (χ3n) is 4.28. The van der Waals surface area contributed by atoms with Crippen LogP contribution in [-0.2, 0) is 22.2 Å². The predicted octanol–water partition coefficient (Wildman–Crippen LogP) is 3.87. The summed E-state index contributed by atoms with van der Waals surface area (Å²) < 4.78 is 44.6. The molecule has 168 valence electrons. The summed E-state index contributed by atoms with van der Waals surface area (Å²) in [6.45, 7) is -0.408. The number of nitrogens with zero attached hydrogens (tertiary/aromatic N) is 3. The van der Waals surface area contributed by atoms with Crippen molar-refractivity contribution in [2.75, 3.05) is 24.7 Å². The Morgan fingerprint density at radius 2 is 1.75 bits per heavy atom. The SMILES string of the molecule is CN(CC(=O)Nc1ccccc1C(F)(F)F)C(=O)CSc1nnc(Cc2ccccc2)o1.